The zero-order valence-electron chi connectivity index (χ0n) is 6.55. The van der Waals surface area contributed by atoms with Crippen molar-refractivity contribution in [2.24, 2.45) is 0 Å². The van der Waals surface area contributed by atoms with Gasteiger partial charge in [-0.05, 0) is 0 Å². The number of β-amino-alcohol motifs (C(OH)–C–C–N with tert-alkyl or cyclic N) is 1. The Hall–Kier alpha value is 0.880. The minimum absolute atomic E-state index is 0. The van der Waals surface area contributed by atoms with Gasteiger partial charge in [-0.3, -0.25) is 4.90 Å². The van der Waals surface area contributed by atoms with Crippen LogP contribution in [0.3, 0.4) is 0 Å². The Labute approximate surface area is 83.6 Å². The van der Waals surface area contributed by atoms with E-state index in [1.807, 2.05) is 0 Å². The molecular formula is C6H13NNaO2. The molecule has 1 N–H and O–H groups in total. The molecule has 1 rings (SSSR count). The number of rotatable bonds is 2. The summed E-state index contributed by atoms with van der Waals surface area (Å²) in [5.74, 6) is 0. The molecule has 0 spiro atoms. The van der Waals surface area contributed by atoms with E-state index in [-0.39, 0.29) is 36.2 Å². The quantitative estimate of drug-likeness (QED) is 0.514. The predicted octanol–water partition coefficient (Wildman–Crippen LogP) is -1.07. The van der Waals surface area contributed by atoms with Gasteiger partial charge in [0.2, 0.25) is 0 Å². The van der Waals surface area contributed by atoms with Crippen LogP contribution in [-0.4, -0.2) is 79.0 Å². The Balaban J connectivity index is 0.000000810. The standard InChI is InChI=1S/C6H13NO2.Na/c8-4-1-7-2-5-9-6-3-7;/h8H,1-6H2;. The van der Waals surface area contributed by atoms with Gasteiger partial charge in [-0.25, -0.2) is 0 Å². The molecule has 3 nitrogen and oxygen atoms in total. The molecule has 1 fully saturated rings. The molecule has 1 saturated heterocycles. The number of hydrogen-bond donors (Lipinski definition) is 1. The Morgan fingerprint density at radius 2 is 1.90 bits per heavy atom. The van der Waals surface area contributed by atoms with Crippen LogP contribution < -0.4 is 0 Å². The largest absolute Gasteiger partial charge is 0.395 e. The summed E-state index contributed by atoms with van der Waals surface area (Å²) in [6.45, 7) is 4.64. The molecule has 0 aliphatic carbocycles. The number of morpholine rings is 1. The van der Waals surface area contributed by atoms with Crippen LogP contribution in [0.1, 0.15) is 0 Å². The van der Waals surface area contributed by atoms with Gasteiger partial charge in [0.15, 0.2) is 0 Å². The van der Waals surface area contributed by atoms with Gasteiger partial charge in [0.1, 0.15) is 0 Å². The van der Waals surface area contributed by atoms with Gasteiger partial charge in [0.25, 0.3) is 0 Å². The third kappa shape index (κ3) is 3.91. The zero-order chi connectivity index (χ0) is 6.53. The molecule has 10 heavy (non-hydrogen) atoms. The molecule has 0 aromatic carbocycles. The van der Waals surface area contributed by atoms with E-state index in [2.05, 4.69) is 4.90 Å². The number of hydrogen-bond acceptors (Lipinski definition) is 3. The van der Waals surface area contributed by atoms with Gasteiger partial charge in [-0.15, -0.1) is 0 Å². The molecule has 0 bridgehead atoms. The number of aliphatic hydroxyl groups is 1. The summed E-state index contributed by atoms with van der Waals surface area (Å²) in [7, 11) is 0. The van der Waals surface area contributed by atoms with Gasteiger partial charge in [-0.2, -0.15) is 0 Å². The minimum Gasteiger partial charge on any atom is -0.395 e. The summed E-state index contributed by atoms with van der Waals surface area (Å²) in [6, 6.07) is 0. The number of aliphatic hydroxyl groups excluding tert-OH is 1. The van der Waals surface area contributed by atoms with Crippen molar-refractivity contribution in [1.82, 2.24) is 4.90 Å². The third-order valence-electron chi connectivity index (χ3n) is 1.52. The van der Waals surface area contributed by atoms with E-state index in [0.717, 1.165) is 32.8 Å². The van der Waals surface area contributed by atoms with Crippen LogP contribution in [0.4, 0.5) is 0 Å². The molecule has 1 aliphatic rings. The van der Waals surface area contributed by atoms with Crippen molar-refractivity contribution in [2.45, 2.75) is 0 Å². The third-order valence-corrected chi connectivity index (χ3v) is 1.52. The van der Waals surface area contributed by atoms with E-state index in [0.29, 0.717) is 0 Å². The van der Waals surface area contributed by atoms with Crippen LogP contribution in [0, 0.1) is 0 Å². The molecule has 1 radical (unpaired) electrons. The normalized spacial score (nSPS) is 20.1. The topological polar surface area (TPSA) is 32.7 Å². The second kappa shape index (κ2) is 6.58. The van der Waals surface area contributed by atoms with E-state index in [1.165, 1.54) is 0 Å². The van der Waals surface area contributed by atoms with E-state index in [9.17, 15) is 0 Å². The van der Waals surface area contributed by atoms with E-state index >= 15 is 0 Å². The molecule has 4 heteroatoms. The smallest absolute Gasteiger partial charge is 0.0594 e. The number of nitrogens with zero attached hydrogens (tertiary/aromatic N) is 1. The maximum atomic E-state index is 8.54. The summed E-state index contributed by atoms with van der Waals surface area (Å²) in [5, 5.41) is 8.54. The van der Waals surface area contributed by atoms with Gasteiger partial charge in [0.05, 0.1) is 19.8 Å². The second-order valence-electron chi connectivity index (χ2n) is 2.18. The van der Waals surface area contributed by atoms with Crippen LogP contribution in [0.5, 0.6) is 0 Å². The van der Waals surface area contributed by atoms with E-state index < -0.39 is 0 Å². The van der Waals surface area contributed by atoms with Gasteiger partial charge < -0.3 is 9.84 Å². The molecule has 0 amide bonds. The van der Waals surface area contributed by atoms with Crippen molar-refractivity contribution < 1.29 is 9.84 Å². The first-order valence-electron chi connectivity index (χ1n) is 3.34. The summed E-state index contributed by atoms with van der Waals surface area (Å²) in [4.78, 5) is 2.20. The number of ether oxygens (including phenoxy) is 1. The summed E-state index contributed by atoms with van der Waals surface area (Å²) in [5.41, 5.74) is 0. The molecule has 0 saturated carbocycles. The Bertz CT molecular complexity index is 73.4. The van der Waals surface area contributed by atoms with Crippen molar-refractivity contribution in [2.75, 3.05) is 39.5 Å². The first-order chi connectivity index (χ1) is 4.43. The average molecular weight is 154 g/mol. The molecule has 55 valence electrons. The fraction of sp³-hybridized carbons (Fsp3) is 1.00. The molecular weight excluding hydrogens is 141 g/mol. The Morgan fingerprint density at radius 1 is 1.30 bits per heavy atom. The van der Waals surface area contributed by atoms with Crippen molar-refractivity contribution in [1.29, 1.82) is 0 Å². The predicted molar refractivity (Wildman–Crippen MR) is 40.1 cm³/mol. The van der Waals surface area contributed by atoms with Crippen LogP contribution in [0.25, 0.3) is 0 Å². The van der Waals surface area contributed by atoms with Gasteiger partial charge in [-0.1, -0.05) is 0 Å². The zero-order valence-corrected chi connectivity index (χ0v) is 8.55. The van der Waals surface area contributed by atoms with Crippen LogP contribution >= 0.6 is 0 Å². The SMILES string of the molecule is OCCN1CCOCC1.[Na]. The monoisotopic (exact) mass is 154 g/mol. The first kappa shape index (κ1) is 10.9. The fourth-order valence-electron chi connectivity index (χ4n) is 0.966. The van der Waals surface area contributed by atoms with Crippen LogP contribution in [0.2, 0.25) is 0 Å². The molecule has 1 heterocycles. The average Bonchev–Trinajstić information content (AvgIpc) is 1.91. The summed E-state index contributed by atoms with van der Waals surface area (Å²) in [6.07, 6.45) is 0. The maximum Gasteiger partial charge on any atom is 0.0594 e. The van der Waals surface area contributed by atoms with Gasteiger partial charge in [0, 0.05) is 49.2 Å². The van der Waals surface area contributed by atoms with Crippen molar-refractivity contribution in [3.8, 4) is 0 Å². The van der Waals surface area contributed by atoms with Gasteiger partial charge >= 0.3 is 0 Å². The van der Waals surface area contributed by atoms with Crippen molar-refractivity contribution in [3.05, 3.63) is 0 Å². The second-order valence-corrected chi connectivity index (χ2v) is 2.18. The summed E-state index contributed by atoms with van der Waals surface area (Å²) >= 11 is 0. The van der Waals surface area contributed by atoms with E-state index in [4.69, 9.17) is 9.84 Å². The maximum absolute atomic E-state index is 8.54. The molecule has 0 aromatic heterocycles. The molecule has 0 aromatic rings. The van der Waals surface area contributed by atoms with Crippen LogP contribution in [0.15, 0.2) is 0 Å². The first-order valence-corrected chi connectivity index (χ1v) is 3.34. The van der Waals surface area contributed by atoms with Crippen molar-refractivity contribution in [3.63, 3.8) is 0 Å². The van der Waals surface area contributed by atoms with E-state index in [1.54, 1.807) is 0 Å². The Morgan fingerprint density at radius 3 is 2.40 bits per heavy atom. The summed E-state index contributed by atoms with van der Waals surface area (Å²) < 4.78 is 5.12. The molecule has 0 atom stereocenters. The molecule has 1 aliphatic heterocycles. The fourth-order valence-corrected chi connectivity index (χ4v) is 0.966. The Kier molecular flexibility index (Phi) is 7.16. The minimum atomic E-state index is 0. The van der Waals surface area contributed by atoms with Crippen LogP contribution in [-0.2, 0) is 4.74 Å². The molecule has 0 unspecified atom stereocenters. The van der Waals surface area contributed by atoms with Crippen molar-refractivity contribution >= 4 is 29.6 Å².